The lowest BCUT2D eigenvalue weighted by molar-refractivity contribution is -0.384. The van der Waals surface area contributed by atoms with Crippen molar-refractivity contribution in [1.29, 1.82) is 0 Å². The largest absolute Gasteiger partial charge is 0.496 e. The van der Waals surface area contributed by atoms with Crippen LogP contribution in [0.25, 0.3) is 6.08 Å². The lowest BCUT2D eigenvalue weighted by Crippen LogP contribution is -1.97. The van der Waals surface area contributed by atoms with Gasteiger partial charge in [0.1, 0.15) is 6.61 Å². The molecule has 66 valence electrons. The highest BCUT2D eigenvalue weighted by Gasteiger charge is 2.10. The van der Waals surface area contributed by atoms with Gasteiger partial charge in [-0.2, -0.15) is 0 Å². The number of nitro groups is 1. The molecule has 1 aliphatic heterocycles. The molecule has 2 rings (SSSR count). The van der Waals surface area contributed by atoms with E-state index in [1.165, 1.54) is 6.07 Å². The molecule has 0 radical (unpaired) electrons. The van der Waals surface area contributed by atoms with Crippen LogP contribution in [0.4, 0.5) is 5.69 Å². The van der Waals surface area contributed by atoms with E-state index >= 15 is 0 Å². The van der Waals surface area contributed by atoms with Crippen LogP contribution in [-0.2, 0) is 11.3 Å². The van der Waals surface area contributed by atoms with Gasteiger partial charge in [0, 0.05) is 12.1 Å². The Labute approximate surface area is 74.6 Å². The summed E-state index contributed by atoms with van der Waals surface area (Å²) in [5.74, 6) is 0. The maximum Gasteiger partial charge on any atom is 0.270 e. The SMILES string of the molecule is O=[N+]([O-])c1ccc2c(c1)C=COC2. The summed E-state index contributed by atoms with van der Waals surface area (Å²) >= 11 is 0. The van der Waals surface area contributed by atoms with Gasteiger partial charge >= 0.3 is 0 Å². The molecule has 1 aromatic rings. The second-order valence-electron chi connectivity index (χ2n) is 2.75. The number of ether oxygens (including phenoxy) is 1. The second kappa shape index (κ2) is 2.90. The van der Waals surface area contributed by atoms with Crippen LogP contribution >= 0.6 is 0 Å². The van der Waals surface area contributed by atoms with Crippen molar-refractivity contribution < 1.29 is 9.66 Å². The van der Waals surface area contributed by atoms with Gasteiger partial charge in [-0.25, -0.2) is 0 Å². The lowest BCUT2D eigenvalue weighted by Gasteiger charge is -2.10. The fourth-order valence-electron chi connectivity index (χ4n) is 1.24. The van der Waals surface area contributed by atoms with Crippen molar-refractivity contribution in [1.82, 2.24) is 0 Å². The zero-order valence-electron chi connectivity index (χ0n) is 6.77. The van der Waals surface area contributed by atoms with E-state index in [1.807, 2.05) is 0 Å². The molecule has 1 aromatic carbocycles. The van der Waals surface area contributed by atoms with E-state index in [9.17, 15) is 10.1 Å². The van der Waals surface area contributed by atoms with Crippen LogP contribution in [-0.4, -0.2) is 4.92 Å². The third-order valence-electron chi connectivity index (χ3n) is 1.92. The number of nitro benzene ring substituents is 1. The molecule has 0 saturated heterocycles. The summed E-state index contributed by atoms with van der Waals surface area (Å²) in [6, 6.07) is 4.76. The van der Waals surface area contributed by atoms with Crippen molar-refractivity contribution in [3.63, 3.8) is 0 Å². The van der Waals surface area contributed by atoms with Crippen LogP contribution < -0.4 is 0 Å². The fraction of sp³-hybridized carbons (Fsp3) is 0.111. The molecule has 0 N–H and O–H groups in total. The quantitative estimate of drug-likeness (QED) is 0.487. The molecule has 0 amide bonds. The Balaban J connectivity index is 2.48. The highest BCUT2D eigenvalue weighted by molar-refractivity contribution is 5.58. The van der Waals surface area contributed by atoms with E-state index in [1.54, 1.807) is 24.5 Å². The van der Waals surface area contributed by atoms with Gasteiger partial charge in [-0.1, -0.05) is 0 Å². The van der Waals surface area contributed by atoms with E-state index < -0.39 is 4.92 Å². The molecule has 0 aliphatic carbocycles. The molecule has 0 unspecified atom stereocenters. The monoisotopic (exact) mass is 177 g/mol. The Kier molecular flexibility index (Phi) is 1.73. The first-order valence-electron chi connectivity index (χ1n) is 3.83. The zero-order chi connectivity index (χ0) is 9.26. The van der Waals surface area contributed by atoms with Crippen molar-refractivity contribution in [2.45, 2.75) is 6.61 Å². The summed E-state index contributed by atoms with van der Waals surface area (Å²) in [7, 11) is 0. The molecular formula is C9H7NO3. The van der Waals surface area contributed by atoms with Crippen LogP contribution in [0.2, 0.25) is 0 Å². The summed E-state index contributed by atoms with van der Waals surface area (Å²) in [5.41, 5.74) is 1.96. The molecule has 0 bridgehead atoms. The first-order chi connectivity index (χ1) is 6.27. The number of fused-ring (bicyclic) bond motifs is 1. The van der Waals surface area contributed by atoms with Crippen molar-refractivity contribution in [2.24, 2.45) is 0 Å². The summed E-state index contributed by atoms with van der Waals surface area (Å²) < 4.78 is 5.05. The number of hydrogen-bond donors (Lipinski definition) is 0. The van der Waals surface area contributed by atoms with Gasteiger partial charge in [-0.15, -0.1) is 0 Å². The lowest BCUT2D eigenvalue weighted by atomic mass is 10.1. The van der Waals surface area contributed by atoms with Crippen molar-refractivity contribution in [2.75, 3.05) is 0 Å². The number of nitrogens with zero attached hydrogens (tertiary/aromatic N) is 1. The number of non-ortho nitro benzene ring substituents is 1. The Bertz CT molecular complexity index is 384. The Morgan fingerprint density at radius 3 is 3.08 bits per heavy atom. The van der Waals surface area contributed by atoms with Gasteiger partial charge in [0.05, 0.1) is 11.2 Å². The van der Waals surface area contributed by atoms with E-state index in [0.717, 1.165) is 11.1 Å². The second-order valence-corrected chi connectivity index (χ2v) is 2.75. The number of hydrogen-bond acceptors (Lipinski definition) is 3. The predicted octanol–water partition coefficient (Wildman–Crippen LogP) is 2.10. The van der Waals surface area contributed by atoms with Crippen LogP contribution in [0.1, 0.15) is 11.1 Å². The topological polar surface area (TPSA) is 52.4 Å². The van der Waals surface area contributed by atoms with Crippen molar-refractivity contribution >= 4 is 11.8 Å². The standard InChI is InChI=1S/C9H7NO3/c11-10(12)9-2-1-8-6-13-4-3-7(8)5-9/h1-5H,6H2. The summed E-state index contributed by atoms with van der Waals surface area (Å²) in [6.07, 6.45) is 3.28. The van der Waals surface area contributed by atoms with Crippen LogP contribution in [0.3, 0.4) is 0 Å². The Hall–Kier alpha value is -1.84. The predicted molar refractivity (Wildman–Crippen MR) is 46.9 cm³/mol. The maximum absolute atomic E-state index is 10.4. The summed E-state index contributed by atoms with van der Waals surface area (Å²) in [4.78, 5) is 10.0. The third-order valence-corrected chi connectivity index (χ3v) is 1.92. The molecule has 0 fully saturated rings. The maximum atomic E-state index is 10.4. The van der Waals surface area contributed by atoms with E-state index in [4.69, 9.17) is 4.74 Å². The van der Waals surface area contributed by atoms with Crippen molar-refractivity contribution in [3.8, 4) is 0 Å². The fourth-order valence-corrected chi connectivity index (χ4v) is 1.24. The Morgan fingerprint density at radius 1 is 1.46 bits per heavy atom. The zero-order valence-corrected chi connectivity index (χ0v) is 6.77. The Morgan fingerprint density at radius 2 is 2.31 bits per heavy atom. The van der Waals surface area contributed by atoms with Gasteiger partial charge < -0.3 is 4.74 Å². The first-order valence-corrected chi connectivity index (χ1v) is 3.83. The van der Waals surface area contributed by atoms with Gasteiger partial charge in [0.25, 0.3) is 5.69 Å². The molecule has 1 aliphatic rings. The molecule has 1 heterocycles. The number of rotatable bonds is 1. The molecule has 0 spiro atoms. The third kappa shape index (κ3) is 1.38. The molecule has 4 heteroatoms. The summed E-state index contributed by atoms with van der Waals surface area (Å²) in [6.45, 7) is 0.490. The molecule has 4 nitrogen and oxygen atoms in total. The minimum atomic E-state index is -0.399. The van der Waals surface area contributed by atoms with E-state index in [0.29, 0.717) is 6.61 Å². The minimum Gasteiger partial charge on any atom is -0.496 e. The van der Waals surface area contributed by atoms with Crippen LogP contribution in [0, 0.1) is 10.1 Å². The molecule has 0 saturated carbocycles. The van der Waals surface area contributed by atoms with Gasteiger partial charge in [-0.3, -0.25) is 10.1 Å². The first kappa shape index (κ1) is 7.79. The average Bonchev–Trinajstić information content (AvgIpc) is 2.17. The van der Waals surface area contributed by atoms with Crippen LogP contribution in [0.5, 0.6) is 0 Å². The smallest absolute Gasteiger partial charge is 0.270 e. The normalized spacial score (nSPS) is 13.2. The van der Waals surface area contributed by atoms with Crippen molar-refractivity contribution in [3.05, 3.63) is 45.7 Å². The van der Waals surface area contributed by atoms with Gasteiger partial charge in [0.2, 0.25) is 0 Å². The molecular weight excluding hydrogens is 170 g/mol. The van der Waals surface area contributed by atoms with Crippen LogP contribution in [0.15, 0.2) is 24.5 Å². The van der Waals surface area contributed by atoms with E-state index in [2.05, 4.69) is 0 Å². The molecule has 0 aromatic heterocycles. The highest BCUT2D eigenvalue weighted by atomic mass is 16.6. The van der Waals surface area contributed by atoms with E-state index in [-0.39, 0.29) is 5.69 Å². The minimum absolute atomic E-state index is 0.116. The summed E-state index contributed by atoms with van der Waals surface area (Å²) in [5, 5.41) is 10.4. The highest BCUT2D eigenvalue weighted by Crippen LogP contribution is 2.22. The van der Waals surface area contributed by atoms with Gasteiger partial charge in [-0.05, 0) is 23.3 Å². The molecule has 0 atom stereocenters. The molecule has 13 heavy (non-hydrogen) atoms. The average molecular weight is 177 g/mol. The number of benzene rings is 1. The van der Waals surface area contributed by atoms with Gasteiger partial charge in [0.15, 0.2) is 0 Å².